The summed E-state index contributed by atoms with van der Waals surface area (Å²) in [4.78, 5) is 12.4. The van der Waals surface area contributed by atoms with Crippen molar-refractivity contribution < 1.29 is 4.74 Å². The summed E-state index contributed by atoms with van der Waals surface area (Å²) in [6, 6.07) is 25.2. The van der Waals surface area contributed by atoms with Crippen molar-refractivity contribution in [3.8, 4) is 5.75 Å². The molecule has 0 spiro atoms. The van der Waals surface area contributed by atoms with Crippen molar-refractivity contribution in [3.63, 3.8) is 0 Å². The van der Waals surface area contributed by atoms with E-state index in [1.807, 2.05) is 54.6 Å². The fraction of sp³-hybridized carbons (Fsp3) is 0.0870. The molecule has 134 valence electrons. The molecule has 0 saturated heterocycles. The molecule has 1 heterocycles. The summed E-state index contributed by atoms with van der Waals surface area (Å²) < 4.78 is 7.49. The van der Waals surface area contributed by atoms with Gasteiger partial charge in [-0.05, 0) is 34.0 Å². The number of hydrogen-bond donors (Lipinski definition) is 0. The molecule has 4 rings (SSSR count). The molecule has 0 aliphatic rings. The molecule has 27 heavy (non-hydrogen) atoms. The summed E-state index contributed by atoms with van der Waals surface area (Å²) in [5, 5.41) is 2.99. The molecule has 0 atom stereocenters. The fourth-order valence-corrected chi connectivity index (χ4v) is 3.30. The van der Waals surface area contributed by atoms with Crippen molar-refractivity contribution in [1.29, 1.82) is 0 Å². The van der Waals surface area contributed by atoms with E-state index in [0.29, 0.717) is 23.9 Å². The highest BCUT2D eigenvalue weighted by Crippen LogP contribution is 2.20. The van der Waals surface area contributed by atoms with Crippen molar-refractivity contribution in [2.24, 2.45) is 0 Å². The fourth-order valence-electron chi connectivity index (χ4n) is 3.10. The van der Waals surface area contributed by atoms with Gasteiger partial charge in [-0.2, -0.15) is 0 Å². The van der Waals surface area contributed by atoms with Crippen LogP contribution in [-0.4, -0.2) is 4.57 Å². The second-order valence-electron chi connectivity index (χ2n) is 6.35. The molecule has 0 saturated carbocycles. The maximum Gasteiger partial charge on any atom is 0.254 e. The van der Waals surface area contributed by atoms with Crippen molar-refractivity contribution in [2.45, 2.75) is 13.2 Å². The molecule has 0 N–H and O–H groups in total. The smallest absolute Gasteiger partial charge is 0.254 e. The largest absolute Gasteiger partial charge is 0.489 e. The average Bonchev–Trinajstić information content (AvgIpc) is 2.70. The average molecular weight is 376 g/mol. The van der Waals surface area contributed by atoms with E-state index >= 15 is 0 Å². The van der Waals surface area contributed by atoms with Gasteiger partial charge in [-0.3, -0.25) is 4.79 Å². The minimum absolute atomic E-state index is 0.120. The van der Waals surface area contributed by atoms with Gasteiger partial charge in [0.15, 0.2) is 0 Å². The number of halogens is 1. The van der Waals surface area contributed by atoms with E-state index in [1.54, 1.807) is 10.8 Å². The Labute approximate surface area is 162 Å². The normalized spacial score (nSPS) is 10.9. The van der Waals surface area contributed by atoms with Crippen molar-refractivity contribution in [3.05, 3.63) is 112 Å². The first kappa shape index (κ1) is 17.4. The van der Waals surface area contributed by atoms with Gasteiger partial charge in [0.05, 0.1) is 6.54 Å². The third-order valence-electron chi connectivity index (χ3n) is 4.54. The van der Waals surface area contributed by atoms with Crippen LogP contribution in [0.1, 0.15) is 11.1 Å². The third kappa shape index (κ3) is 3.88. The third-order valence-corrected chi connectivity index (χ3v) is 4.91. The number of hydrogen-bond acceptors (Lipinski definition) is 2. The molecule has 0 radical (unpaired) electrons. The molecule has 0 aliphatic carbocycles. The Balaban J connectivity index is 1.51. The number of nitrogens with zero attached hydrogens (tertiary/aromatic N) is 1. The van der Waals surface area contributed by atoms with E-state index in [1.165, 1.54) is 11.5 Å². The quantitative estimate of drug-likeness (QED) is 0.475. The Kier molecular flexibility index (Phi) is 4.95. The number of fused-ring (bicyclic) bond motifs is 1. The Morgan fingerprint density at radius 2 is 1.59 bits per heavy atom. The summed E-state index contributed by atoms with van der Waals surface area (Å²) in [6.45, 7) is 0.845. The van der Waals surface area contributed by atoms with E-state index in [9.17, 15) is 4.79 Å². The van der Waals surface area contributed by atoms with Gasteiger partial charge < -0.3 is 9.30 Å². The Hall–Kier alpha value is -3.04. The first-order valence-corrected chi connectivity index (χ1v) is 9.12. The van der Waals surface area contributed by atoms with E-state index < -0.39 is 0 Å². The number of pyridine rings is 1. The molecule has 0 amide bonds. The molecular formula is C23H18ClNO2. The predicted molar refractivity (Wildman–Crippen MR) is 110 cm³/mol. The van der Waals surface area contributed by atoms with E-state index in [0.717, 1.165) is 16.5 Å². The molecule has 4 heteroatoms. The number of rotatable bonds is 5. The molecular weight excluding hydrogens is 358 g/mol. The highest BCUT2D eigenvalue weighted by atomic mass is 35.5. The van der Waals surface area contributed by atoms with Gasteiger partial charge in [0, 0.05) is 17.3 Å². The lowest BCUT2D eigenvalue weighted by Crippen LogP contribution is -2.19. The van der Waals surface area contributed by atoms with E-state index in [-0.39, 0.29) is 5.56 Å². The van der Waals surface area contributed by atoms with Crippen LogP contribution in [0.4, 0.5) is 0 Å². The van der Waals surface area contributed by atoms with Crippen LogP contribution in [0.5, 0.6) is 5.75 Å². The Morgan fingerprint density at radius 3 is 2.44 bits per heavy atom. The van der Waals surface area contributed by atoms with Crippen molar-refractivity contribution in [2.75, 3.05) is 0 Å². The van der Waals surface area contributed by atoms with Gasteiger partial charge in [0.2, 0.25) is 0 Å². The summed E-state index contributed by atoms with van der Waals surface area (Å²) in [7, 11) is 0. The lowest BCUT2D eigenvalue weighted by Gasteiger charge is -2.11. The van der Waals surface area contributed by atoms with Gasteiger partial charge in [-0.25, -0.2) is 0 Å². The van der Waals surface area contributed by atoms with Gasteiger partial charge >= 0.3 is 0 Å². The molecule has 0 bridgehead atoms. The Morgan fingerprint density at radius 1 is 0.852 bits per heavy atom. The zero-order valence-electron chi connectivity index (χ0n) is 14.6. The Bertz CT molecular complexity index is 1140. The van der Waals surface area contributed by atoms with Crippen LogP contribution in [-0.2, 0) is 13.2 Å². The van der Waals surface area contributed by atoms with Crippen LogP contribution in [0.25, 0.3) is 10.8 Å². The predicted octanol–water partition coefficient (Wildman–Crippen LogP) is 5.28. The van der Waals surface area contributed by atoms with E-state index in [2.05, 4.69) is 18.2 Å². The maximum atomic E-state index is 12.4. The second-order valence-corrected chi connectivity index (χ2v) is 6.75. The number of aromatic nitrogens is 1. The van der Waals surface area contributed by atoms with Crippen molar-refractivity contribution in [1.82, 2.24) is 4.57 Å². The summed E-state index contributed by atoms with van der Waals surface area (Å²) in [6.07, 6.45) is 1.74. The van der Waals surface area contributed by atoms with Crippen LogP contribution in [0.2, 0.25) is 5.02 Å². The van der Waals surface area contributed by atoms with Gasteiger partial charge in [0.25, 0.3) is 5.56 Å². The van der Waals surface area contributed by atoms with Gasteiger partial charge in [-0.15, -0.1) is 0 Å². The first-order valence-electron chi connectivity index (χ1n) is 8.74. The van der Waals surface area contributed by atoms with Crippen LogP contribution in [0, 0.1) is 0 Å². The molecule has 0 fully saturated rings. The minimum atomic E-state index is -0.120. The lowest BCUT2D eigenvalue weighted by molar-refractivity contribution is 0.306. The molecule has 0 aliphatic heterocycles. The number of ether oxygens (including phenoxy) is 1. The summed E-state index contributed by atoms with van der Waals surface area (Å²) in [5.74, 6) is 0.559. The topological polar surface area (TPSA) is 31.2 Å². The zero-order valence-corrected chi connectivity index (χ0v) is 15.4. The zero-order chi connectivity index (χ0) is 18.6. The second kappa shape index (κ2) is 7.68. The van der Waals surface area contributed by atoms with Crippen LogP contribution in [0.15, 0.2) is 89.9 Å². The van der Waals surface area contributed by atoms with Crippen molar-refractivity contribution >= 4 is 22.4 Å². The highest BCUT2D eigenvalue weighted by molar-refractivity contribution is 6.31. The van der Waals surface area contributed by atoms with Crippen LogP contribution in [0.3, 0.4) is 0 Å². The first-order chi connectivity index (χ1) is 13.2. The molecule has 3 aromatic carbocycles. The highest BCUT2D eigenvalue weighted by Gasteiger charge is 2.05. The van der Waals surface area contributed by atoms with E-state index in [4.69, 9.17) is 16.3 Å². The van der Waals surface area contributed by atoms with Crippen LogP contribution >= 0.6 is 11.6 Å². The number of benzene rings is 3. The van der Waals surface area contributed by atoms with Gasteiger partial charge in [-0.1, -0.05) is 72.3 Å². The maximum absolute atomic E-state index is 12.4. The van der Waals surface area contributed by atoms with Crippen LogP contribution < -0.4 is 10.3 Å². The standard InChI is InChI=1S/C23H18ClNO2/c24-22-11-4-2-7-18(22)15-25-13-12-20(14-23(25)26)27-16-19-9-5-8-17-6-1-3-10-21(17)19/h1-14H,15-16H2. The monoisotopic (exact) mass is 375 g/mol. The molecule has 1 aromatic heterocycles. The SMILES string of the molecule is O=c1cc(OCc2cccc3ccccc23)ccn1Cc1ccccc1Cl. The molecule has 4 aromatic rings. The molecule has 3 nitrogen and oxygen atoms in total. The molecule has 0 unspecified atom stereocenters. The summed E-state index contributed by atoms with van der Waals surface area (Å²) in [5.41, 5.74) is 1.88. The summed E-state index contributed by atoms with van der Waals surface area (Å²) >= 11 is 6.18. The lowest BCUT2D eigenvalue weighted by atomic mass is 10.1. The van der Waals surface area contributed by atoms with Gasteiger partial charge in [0.1, 0.15) is 12.4 Å². The minimum Gasteiger partial charge on any atom is -0.489 e.